The summed E-state index contributed by atoms with van der Waals surface area (Å²) >= 11 is 6.16. The van der Waals surface area contributed by atoms with Crippen LogP contribution in [-0.4, -0.2) is 41.0 Å². The van der Waals surface area contributed by atoms with Crippen molar-refractivity contribution < 1.29 is 14.3 Å². The van der Waals surface area contributed by atoms with E-state index in [2.05, 4.69) is 55.1 Å². The zero-order valence-corrected chi connectivity index (χ0v) is 24.4. The number of rotatable bonds is 17. The predicted molar refractivity (Wildman–Crippen MR) is 155 cm³/mol. The lowest BCUT2D eigenvalue weighted by atomic mass is 9.96. The molecule has 0 heterocycles. The number of carbonyl (C=O) groups excluding carboxylic acids is 1. The van der Waals surface area contributed by atoms with Crippen molar-refractivity contribution in [2.45, 2.75) is 110 Å². The predicted octanol–water partition coefficient (Wildman–Crippen LogP) is 8.33. The summed E-state index contributed by atoms with van der Waals surface area (Å²) in [4.78, 5) is 15.6. The van der Waals surface area contributed by atoms with Crippen LogP contribution in [-0.2, 0) is 20.9 Å². The van der Waals surface area contributed by atoms with Gasteiger partial charge >= 0.3 is 5.97 Å². The Morgan fingerprint density at radius 2 is 1.62 bits per heavy atom. The van der Waals surface area contributed by atoms with Crippen molar-refractivity contribution in [3.05, 3.63) is 71.8 Å². The van der Waals surface area contributed by atoms with Crippen LogP contribution in [0.1, 0.15) is 96.7 Å². The highest BCUT2D eigenvalue weighted by Gasteiger charge is 2.31. The molecule has 206 valence electrons. The lowest BCUT2D eigenvalue weighted by Crippen LogP contribution is -2.43. The minimum absolute atomic E-state index is 0.0179. The fourth-order valence-electron chi connectivity index (χ4n) is 4.75. The molecule has 0 N–H and O–H groups in total. The molecule has 0 amide bonds. The van der Waals surface area contributed by atoms with E-state index in [0.717, 1.165) is 32.2 Å². The lowest BCUT2D eigenvalue weighted by molar-refractivity contribution is -0.157. The molecule has 0 saturated carbocycles. The number of unbranched alkanes of at least 4 members (excludes halogenated alkanes) is 2. The summed E-state index contributed by atoms with van der Waals surface area (Å²) in [6.07, 6.45) is 6.46. The van der Waals surface area contributed by atoms with Crippen molar-refractivity contribution in [3.8, 4) is 0 Å². The van der Waals surface area contributed by atoms with Gasteiger partial charge in [-0.25, -0.2) is 0 Å². The van der Waals surface area contributed by atoms with E-state index >= 15 is 0 Å². The number of benzene rings is 2. The number of esters is 1. The highest BCUT2D eigenvalue weighted by molar-refractivity contribution is 6.17. The Bertz CT molecular complexity index is 869. The number of nitrogens with zero attached hydrogens (tertiary/aromatic N) is 1. The molecule has 0 unspecified atom stereocenters. The van der Waals surface area contributed by atoms with Gasteiger partial charge in [0.05, 0.1) is 19.1 Å². The van der Waals surface area contributed by atoms with Crippen LogP contribution in [0.4, 0.5) is 0 Å². The Balaban J connectivity index is 2.31. The van der Waals surface area contributed by atoms with Gasteiger partial charge in [0.15, 0.2) is 0 Å². The van der Waals surface area contributed by atoms with Gasteiger partial charge in [0.25, 0.3) is 0 Å². The number of carbonyl (C=O) groups is 1. The molecule has 2 aromatic rings. The van der Waals surface area contributed by atoms with Crippen molar-refractivity contribution in [1.29, 1.82) is 0 Å². The van der Waals surface area contributed by atoms with Gasteiger partial charge in [-0.3, -0.25) is 9.69 Å². The Hall–Kier alpha value is -1.88. The average molecular weight is 530 g/mol. The molecule has 2 rings (SSSR count). The smallest absolute Gasteiger partial charge is 0.307 e. The summed E-state index contributed by atoms with van der Waals surface area (Å²) in [7, 11) is 0. The molecule has 0 aliphatic carbocycles. The molecule has 0 aliphatic heterocycles. The summed E-state index contributed by atoms with van der Waals surface area (Å²) in [5.41, 5.74) is 1.89. The highest BCUT2D eigenvalue weighted by Crippen LogP contribution is 2.29. The van der Waals surface area contributed by atoms with Crippen LogP contribution in [0.3, 0.4) is 0 Å². The van der Waals surface area contributed by atoms with E-state index in [9.17, 15) is 4.79 Å². The van der Waals surface area contributed by atoms with Gasteiger partial charge in [0.2, 0.25) is 0 Å². The summed E-state index contributed by atoms with van der Waals surface area (Å²) in [6.45, 7) is 11.6. The van der Waals surface area contributed by atoms with E-state index in [1.807, 2.05) is 45.0 Å². The number of hydrogen-bond acceptors (Lipinski definition) is 4. The van der Waals surface area contributed by atoms with Crippen LogP contribution in [0, 0.1) is 0 Å². The highest BCUT2D eigenvalue weighted by atomic mass is 35.5. The molecule has 0 bridgehead atoms. The van der Waals surface area contributed by atoms with E-state index in [1.165, 1.54) is 24.0 Å². The van der Waals surface area contributed by atoms with E-state index in [1.54, 1.807) is 0 Å². The van der Waals surface area contributed by atoms with Crippen LogP contribution >= 0.6 is 11.6 Å². The number of ether oxygens (including phenoxy) is 2. The normalized spacial score (nSPS) is 14.4. The van der Waals surface area contributed by atoms with Gasteiger partial charge in [-0.15, -0.1) is 11.6 Å². The molecule has 0 aliphatic rings. The summed E-state index contributed by atoms with van der Waals surface area (Å²) in [6, 6.07) is 21.0. The second kappa shape index (κ2) is 16.9. The van der Waals surface area contributed by atoms with E-state index in [4.69, 9.17) is 21.1 Å². The number of hydrogen-bond donors (Lipinski definition) is 0. The van der Waals surface area contributed by atoms with Gasteiger partial charge in [0, 0.05) is 24.5 Å². The second-order valence-corrected chi connectivity index (χ2v) is 11.3. The summed E-state index contributed by atoms with van der Waals surface area (Å²) in [5.74, 6) is 0.422. The maximum absolute atomic E-state index is 13.1. The maximum Gasteiger partial charge on any atom is 0.307 e. The molecular formula is C32H48ClNO3. The van der Waals surface area contributed by atoms with Crippen LogP contribution in [0.2, 0.25) is 0 Å². The SMILES string of the molecule is CCCCC[C@@H](C[C@H](CC(=O)OC(C)(C)C)N(CCCCl)[C@H](C)c1ccccc1)OCc1ccccc1. The molecule has 0 radical (unpaired) electrons. The molecule has 0 saturated heterocycles. The molecular weight excluding hydrogens is 482 g/mol. The minimum atomic E-state index is -0.516. The van der Waals surface area contributed by atoms with Crippen molar-refractivity contribution in [1.82, 2.24) is 4.90 Å². The quantitative estimate of drug-likeness (QED) is 0.117. The van der Waals surface area contributed by atoms with Crippen molar-refractivity contribution in [2.75, 3.05) is 12.4 Å². The third-order valence-corrected chi connectivity index (χ3v) is 6.88. The molecule has 37 heavy (non-hydrogen) atoms. The van der Waals surface area contributed by atoms with Crippen LogP contribution < -0.4 is 0 Å². The molecule has 0 fully saturated rings. The second-order valence-electron chi connectivity index (χ2n) is 11.0. The largest absolute Gasteiger partial charge is 0.460 e. The third kappa shape index (κ3) is 12.5. The average Bonchev–Trinajstić information content (AvgIpc) is 2.87. The maximum atomic E-state index is 13.1. The summed E-state index contributed by atoms with van der Waals surface area (Å²) < 4.78 is 12.3. The fourth-order valence-corrected chi connectivity index (χ4v) is 4.87. The number of alkyl halides is 1. The zero-order valence-electron chi connectivity index (χ0n) is 23.6. The lowest BCUT2D eigenvalue weighted by Gasteiger charge is -2.38. The molecule has 0 aromatic heterocycles. The fraction of sp³-hybridized carbons (Fsp3) is 0.594. The standard InChI is InChI=1S/C32H48ClNO3/c1-6-7-10-20-30(36-25-27-16-11-8-12-17-27)23-29(24-31(35)37-32(3,4)5)34(22-15-21-33)26(2)28-18-13-9-14-19-28/h8-9,11-14,16-19,26,29-30H,6-7,10,15,20-25H2,1-5H3/t26-,29-,30+/m1/s1. The third-order valence-electron chi connectivity index (χ3n) is 6.61. The van der Waals surface area contributed by atoms with E-state index in [0.29, 0.717) is 18.9 Å². The first-order chi connectivity index (χ1) is 17.7. The van der Waals surface area contributed by atoms with Crippen LogP contribution in [0.25, 0.3) is 0 Å². The van der Waals surface area contributed by atoms with E-state index < -0.39 is 5.60 Å². The first kappa shape index (κ1) is 31.3. The molecule has 4 nitrogen and oxygen atoms in total. The van der Waals surface area contributed by atoms with Crippen LogP contribution in [0.5, 0.6) is 0 Å². The topological polar surface area (TPSA) is 38.8 Å². The summed E-state index contributed by atoms with van der Waals surface area (Å²) in [5, 5.41) is 0. The minimum Gasteiger partial charge on any atom is -0.460 e. The van der Waals surface area contributed by atoms with Gasteiger partial charge in [-0.2, -0.15) is 0 Å². The molecule has 2 aromatic carbocycles. The Morgan fingerprint density at radius 1 is 0.973 bits per heavy atom. The molecule has 3 atom stereocenters. The Labute approximate surface area is 230 Å². The van der Waals surface area contributed by atoms with Gasteiger partial charge in [-0.1, -0.05) is 86.8 Å². The van der Waals surface area contributed by atoms with Crippen molar-refractivity contribution in [2.24, 2.45) is 0 Å². The monoisotopic (exact) mass is 529 g/mol. The van der Waals surface area contributed by atoms with Gasteiger partial charge in [-0.05, 0) is 58.1 Å². The van der Waals surface area contributed by atoms with Gasteiger partial charge in [0.1, 0.15) is 5.60 Å². The van der Waals surface area contributed by atoms with Crippen molar-refractivity contribution >= 4 is 17.6 Å². The molecule has 5 heteroatoms. The Kier molecular flexibility index (Phi) is 14.3. The molecule has 0 spiro atoms. The number of halogens is 1. The van der Waals surface area contributed by atoms with Crippen molar-refractivity contribution in [3.63, 3.8) is 0 Å². The zero-order chi connectivity index (χ0) is 27.1. The van der Waals surface area contributed by atoms with Gasteiger partial charge < -0.3 is 9.47 Å². The Morgan fingerprint density at radius 3 is 2.22 bits per heavy atom. The van der Waals surface area contributed by atoms with Crippen LogP contribution in [0.15, 0.2) is 60.7 Å². The first-order valence-electron chi connectivity index (χ1n) is 14.0. The first-order valence-corrected chi connectivity index (χ1v) is 14.5. The van der Waals surface area contributed by atoms with E-state index in [-0.39, 0.29) is 24.2 Å².